The fourth-order valence-corrected chi connectivity index (χ4v) is 4.41. The van der Waals surface area contributed by atoms with Crippen molar-refractivity contribution in [3.63, 3.8) is 0 Å². The molecule has 1 aliphatic heterocycles. The number of benzene rings is 1. The molecule has 1 aromatic carbocycles. The van der Waals surface area contributed by atoms with Crippen molar-refractivity contribution in [1.82, 2.24) is 15.2 Å². The molecule has 1 fully saturated rings. The lowest BCUT2D eigenvalue weighted by Gasteiger charge is -2.34. The Morgan fingerprint density at radius 1 is 1.21 bits per heavy atom. The standard InChI is InChI=1S/C23H29N3O3/c1-15-9-16(2)14-26(13-15)8-4-7-24-22(27)21-11-18-10-17-5-6-19(28-3)12-20(17)25-23(18)29-21/h5-6,10-12,15-16H,4,7-9,13-14H2,1-3H3,(H,24,27). The first-order valence-corrected chi connectivity index (χ1v) is 10.4. The van der Waals surface area contributed by atoms with Crippen LogP contribution in [-0.4, -0.2) is 49.1 Å². The van der Waals surface area contributed by atoms with Crippen LogP contribution in [0, 0.1) is 11.8 Å². The van der Waals surface area contributed by atoms with Crippen LogP contribution in [0.4, 0.5) is 0 Å². The number of aromatic nitrogens is 1. The molecule has 2 unspecified atom stereocenters. The number of hydrogen-bond acceptors (Lipinski definition) is 5. The number of nitrogens with one attached hydrogen (secondary N) is 1. The van der Waals surface area contributed by atoms with Crippen LogP contribution in [0.25, 0.3) is 22.0 Å². The van der Waals surface area contributed by atoms with Gasteiger partial charge in [-0.15, -0.1) is 0 Å². The van der Waals surface area contributed by atoms with Crippen LogP contribution in [0.2, 0.25) is 0 Å². The molecule has 2 atom stereocenters. The summed E-state index contributed by atoms with van der Waals surface area (Å²) in [6, 6.07) is 9.45. The van der Waals surface area contributed by atoms with Crippen LogP contribution in [0.3, 0.4) is 0 Å². The van der Waals surface area contributed by atoms with Crippen LogP contribution < -0.4 is 10.1 Å². The number of nitrogens with zero attached hydrogens (tertiary/aromatic N) is 2. The summed E-state index contributed by atoms with van der Waals surface area (Å²) in [5, 5.41) is 4.78. The number of hydrogen-bond donors (Lipinski definition) is 1. The van der Waals surface area contributed by atoms with Crippen molar-refractivity contribution in [3.8, 4) is 5.75 Å². The predicted molar refractivity (Wildman–Crippen MR) is 114 cm³/mol. The SMILES string of the molecule is COc1ccc2cc3cc(C(=O)NCCCN4CC(C)CC(C)C4)oc3nc2c1. The van der Waals surface area contributed by atoms with Crippen LogP contribution in [0.15, 0.2) is 34.7 Å². The van der Waals surface area contributed by atoms with Gasteiger partial charge in [-0.1, -0.05) is 13.8 Å². The maximum absolute atomic E-state index is 12.5. The highest BCUT2D eigenvalue weighted by Crippen LogP contribution is 2.25. The Morgan fingerprint density at radius 2 is 2.00 bits per heavy atom. The van der Waals surface area contributed by atoms with Gasteiger partial charge in [0, 0.05) is 36.5 Å². The Morgan fingerprint density at radius 3 is 2.76 bits per heavy atom. The number of furan rings is 1. The molecule has 4 rings (SSSR count). The number of rotatable bonds is 6. The summed E-state index contributed by atoms with van der Waals surface area (Å²) in [4.78, 5) is 19.5. The monoisotopic (exact) mass is 395 g/mol. The quantitative estimate of drug-likeness (QED) is 0.637. The van der Waals surface area contributed by atoms with Gasteiger partial charge in [0.25, 0.3) is 5.91 Å². The molecule has 0 radical (unpaired) electrons. The molecule has 2 aromatic heterocycles. The third-order valence-electron chi connectivity index (χ3n) is 5.62. The van der Waals surface area contributed by atoms with E-state index >= 15 is 0 Å². The fraction of sp³-hybridized carbons (Fsp3) is 0.478. The Labute approximate surface area is 171 Å². The second-order valence-corrected chi connectivity index (χ2v) is 8.37. The van der Waals surface area contributed by atoms with E-state index in [0.717, 1.165) is 59.9 Å². The van der Waals surface area contributed by atoms with Crippen molar-refractivity contribution in [2.75, 3.05) is 33.3 Å². The number of ether oxygens (including phenoxy) is 1. The van der Waals surface area contributed by atoms with Gasteiger partial charge >= 0.3 is 0 Å². The highest BCUT2D eigenvalue weighted by molar-refractivity contribution is 5.98. The van der Waals surface area contributed by atoms with Crippen molar-refractivity contribution >= 4 is 27.9 Å². The van der Waals surface area contributed by atoms with Gasteiger partial charge in [0.15, 0.2) is 5.76 Å². The first-order valence-electron chi connectivity index (χ1n) is 10.4. The molecule has 0 bridgehead atoms. The van der Waals surface area contributed by atoms with Crippen molar-refractivity contribution in [1.29, 1.82) is 0 Å². The molecule has 3 heterocycles. The van der Waals surface area contributed by atoms with Gasteiger partial charge in [-0.05, 0) is 55.5 Å². The molecular weight excluding hydrogens is 366 g/mol. The summed E-state index contributed by atoms with van der Waals surface area (Å²) < 4.78 is 11.0. The Bertz CT molecular complexity index is 1000. The van der Waals surface area contributed by atoms with E-state index in [2.05, 4.69) is 29.0 Å². The first-order chi connectivity index (χ1) is 14.0. The molecule has 1 saturated heterocycles. The van der Waals surface area contributed by atoms with Gasteiger partial charge in [-0.2, -0.15) is 0 Å². The summed E-state index contributed by atoms with van der Waals surface area (Å²) in [7, 11) is 1.63. The second kappa shape index (κ2) is 8.41. The average Bonchev–Trinajstić information content (AvgIpc) is 3.11. The second-order valence-electron chi connectivity index (χ2n) is 8.37. The largest absolute Gasteiger partial charge is 0.497 e. The minimum Gasteiger partial charge on any atom is -0.497 e. The third kappa shape index (κ3) is 4.53. The zero-order valence-electron chi connectivity index (χ0n) is 17.4. The smallest absolute Gasteiger partial charge is 0.287 e. The molecule has 0 saturated carbocycles. The van der Waals surface area contributed by atoms with E-state index in [-0.39, 0.29) is 5.91 Å². The maximum atomic E-state index is 12.5. The molecular formula is C23H29N3O3. The molecule has 29 heavy (non-hydrogen) atoms. The summed E-state index contributed by atoms with van der Waals surface area (Å²) in [5.74, 6) is 2.37. The maximum Gasteiger partial charge on any atom is 0.287 e. The fourth-order valence-electron chi connectivity index (χ4n) is 4.41. The van der Waals surface area contributed by atoms with Crippen molar-refractivity contribution < 1.29 is 13.9 Å². The van der Waals surface area contributed by atoms with Crippen LogP contribution in [0.1, 0.15) is 37.2 Å². The highest BCUT2D eigenvalue weighted by atomic mass is 16.5. The number of fused-ring (bicyclic) bond motifs is 2. The molecule has 1 aliphatic rings. The minimum atomic E-state index is -0.190. The first kappa shape index (κ1) is 19.7. The van der Waals surface area contributed by atoms with Crippen molar-refractivity contribution in [3.05, 3.63) is 36.1 Å². The van der Waals surface area contributed by atoms with Crippen LogP contribution in [0.5, 0.6) is 5.75 Å². The number of carbonyl (C=O) groups excluding carboxylic acids is 1. The van der Waals surface area contributed by atoms with Gasteiger partial charge in [0.1, 0.15) is 5.75 Å². The molecule has 0 spiro atoms. The zero-order chi connectivity index (χ0) is 20.4. The van der Waals surface area contributed by atoms with Gasteiger partial charge in [0.05, 0.1) is 12.6 Å². The van der Waals surface area contributed by atoms with Crippen molar-refractivity contribution in [2.24, 2.45) is 11.8 Å². The minimum absolute atomic E-state index is 0.190. The van der Waals surface area contributed by atoms with E-state index < -0.39 is 0 Å². The van der Waals surface area contributed by atoms with E-state index in [0.29, 0.717) is 18.0 Å². The van der Waals surface area contributed by atoms with Gasteiger partial charge in [-0.3, -0.25) is 4.79 Å². The van der Waals surface area contributed by atoms with E-state index in [9.17, 15) is 4.79 Å². The summed E-state index contributed by atoms with van der Waals surface area (Å²) in [6.45, 7) is 8.61. The number of methoxy groups -OCH3 is 1. The molecule has 3 aromatic rings. The van der Waals surface area contributed by atoms with Crippen molar-refractivity contribution in [2.45, 2.75) is 26.7 Å². The van der Waals surface area contributed by atoms with E-state index in [1.807, 2.05) is 24.3 Å². The Kier molecular flexibility index (Phi) is 5.72. The topological polar surface area (TPSA) is 67.6 Å². The lowest BCUT2D eigenvalue weighted by atomic mass is 9.92. The van der Waals surface area contributed by atoms with Crippen LogP contribution in [-0.2, 0) is 0 Å². The zero-order valence-corrected chi connectivity index (χ0v) is 17.4. The van der Waals surface area contributed by atoms with Gasteiger partial charge < -0.3 is 19.4 Å². The van der Waals surface area contributed by atoms with E-state index in [1.165, 1.54) is 6.42 Å². The molecule has 154 valence electrons. The summed E-state index contributed by atoms with van der Waals surface area (Å²) in [6.07, 6.45) is 2.25. The summed E-state index contributed by atoms with van der Waals surface area (Å²) >= 11 is 0. The molecule has 6 nitrogen and oxygen atoms in total. The lowest BCUT2D eigenvalue weighted by molar-refractivity contribution is 0.0921. The number of piperidine rings is 1. The Balaban J connectivity index is 1.36. The normalized spacial score (nSPS) is 20.2. The lowest BCUT2D eigenvalue weighted by Crippen LogP contribution is -2.40. The molecule has 6 heteroatoms. The molecule has 1 amide bonds. The Hall–Kier alpha value is -2.60. The molecule has 0 aliphatic carbocycles. The third-order valence-corrected chi connectivity index (χ3v) is 5.62. The average molecular weight is 396 g/mol. The number of pyridine rings is 1. The number of carbonyl (C=O) groups is 1. The van der Waals surface area contributed by atoms with Crippen LogP contribution >= 0.6 is 0 Å². The highest BCUT2D eigenvalue weighted by Gasteiger charge is 2.21. The predicted octanol–water partition coefficient (Wildman–Crippen LogP) is 4.09. The van der Waals surface area contributed by atoms with E-state index in [4.69, 9.17) is 9.15 Å². The van der Waals surface area contributed by atoms with Gasteiger partial charge in [0.2, 0.25) is 5.71 Å². The molecule has 1 N–H and O–H groups in total. The summed E-state index contributed by atoms with van der Waals surface area (Å²) in [5.41, 5.74) is 1.25. The van der Waals surface area contributed by atoms with Gasteiger partial charge in [-0.25, -0.2) is 4.98 Å². The number of likely N-dealkylation sites (tertiary alicyclic amines) is 1. The van der Waals surface area contributed by atoms with E-state index in [1.54, 1.807) is 13.2 Å². The number of amides is 1.